The largest absolute Gasteiger partial charge is 0.494 e. The number of benzene rings is 2. The summed E-state index contributed by atoms with van der Waals surface area (Å²) in [5, 5.41) is 0. The molecular formula is C28H34O5. The minimum atomic E-state index is -0.722. The van der Waals surface area contributed by atoms with Crippen LogP contribution >= 0.6 is 0 Å². The molecule has 33 heavy (non-hydrogen) atoms. The van der Waals surface area contributed by atoms with Crippen LogP contribution in [-0.2, 0) is 14.3 Å². The molecule has 5 heteroatoms. The molecule has 176 valence electrons. The zero-order chi connectivity index (χ0) is 23.7. The van der Waals surface area contributed by atoms with Crippen LogP contribution in [0, 0.1) is 0 Å². The van der Waals surface area contributed by atoms with Crippen molar-refractivity contribution in [1.29, 1.82) is 0 Å². The first-order valence-electron chi connectivity index (χ1n) is 11.7. The van der Waals surface area contributed by atoms with E-state index in [1.54, 1.807) is 12.2 Å². The maximum atomic E-state index is 11.9. The molecule has 0 N–H and O–H groups in total. The van der Waals surface area contributed by atoms with Crippen molar-refractivity contribution >= 4 is 24.1 Å². The molecule has 0 saturated carbocycles. The molecule has 5 nitrogen and oxygen atoms in total. The number of rotatable bonds is 14. The van der Waals surface area contributed by atoms with Gasteiger partial charge < -0.3 is 14.2 Å². The van der Waals surface area contributed by atoms with Gasteiger partial charge in [-0.05, 0) is 60.4 Å². The van der Waals surface area contributed by atoms with Crippen LogP contribution in [0.2, 0.25) is 0 Å². The number of hydrogen-bond donors (Lipinski definition) is 0. The lowest BCUT2D eigenvalue weighted by Gasteiger charge is -2.05. The smallest absolute Gasteiger partial charge is 0.338 e. The Balaban J connectivity index is 1.74. The number of ether oxygens (including phenoxy) is 3. The normalized spacial score (nSPS) is 11.1. The highest BCUT2D eigenvalue weighted by Crippen LogP contribution is 2.15. The fraction of sp³-hybridized carbons (Fsp3) is 0.357. The van der Waals surface area contributed by atoms with Gasteiger partial charge in [0, 0.05) is 12.2 Å². The average Bonchev–Trinajstić information content (AvgIpc) is 2.83. The zero-order valence-electron chi connectivity index (χ0n) is 19.6. The minimum absolute atomic E-state index is 0.696. The van der Waals surface area contributed by atoms with E-state index in [0.29, 0.717) is 13.2 Å². The minimum Gasteiger partial charge on any atom is -0.494 e. The predicted molar refractivity (Wildman–Crippen MR) is 132 cm³/mol. The van der Waals surface area contributed by atoms with Gasteiger partial charge in [0.15, 0.2) is 0 Å². The molecule has 0 bridgehead atoms. The molecule has 2 rings (SSSR count). The second-order valence-electron chi connectivity index (χ2n) is 7.66. The van der Waals surface area contributed by atoms with Crippen LogP contribution < -0.4 is 9.47 Å². The quantitative estimate of drug-likeness (QED) is 0.140. The Hall–Kier alpha value is -3.34. The topological polar surface area (TPSA) is 61.8 Å². The molecule has 0 aliphatic heterocycles. The van der Waals surface area contributed by atoms with E-state index in [9.17, 15) is 9.59 Å². The second-order valence-corrected chi connectivity index (χ2v) is 7.66. The van der Waals surface area contributed by atoms with E-state index in [0.717, 1.165) is 61.2 Å². The van der Waals surface area contributed by atoms with Crippen LogP contribution in [0.5, 0.6) is 11.5 Å². The van der Waals surface area contributed by atoms with Gasteiger partial charge in [0.05, 0.1) is 13.2 Å². The van der Waals surface area contributed by atoms with Gasteiger partial charge in [0.2, 0.25) is 0 Å². The number of hydrogen-bond acceptors (Lipinski definition) is 5. The molecule has 0 aliphatic rings. The number of carbonyl (C=O) groups is 2. The summed E-state index contributed by atoms with van der Waals surface area (Å²) in [5.41, 5.74) is 1.63. The van der Waals surface area contributed by atoms with Gasteiger partial charge in [-0.25, -0.2) is 9.59 Å². The van der Waals surface area contributed by atoms with E-state index in [-0.39, 0.29) is 0 Å². The SMILES string of the molecule is CCCCCOc1ccc(C=CC(=O)OC(=O)C=Cc2ccc(OCCCCC)cc2)cc1. The summed E-state index contributed by atoms with van der Waals surface area (Å²) in [6, 6.07) is 14.8. The highest BCUT2D eigenvalue weighted by atomic mass is 16.6. The van der Waals surface area contributed by atoms with Crippen molar-refractivity contribution in [3.05, 3.63) is 71.8 Å². The van der Waals surface area contributed by atoms with Crippen LogP contribution in [0.3, 0.4) is 0 Å². The van der Waals surface area contributed by atoms with Crippen molar-refractivity contribution < 1.29 is 23.8 Å². The molecule has 0 aliphatic carbocycles. The van der Waals surface area contributed by atoms with Crippen LogP contribution in [0.25, 0.3) is 12.2 Å². The first-order valence-corrected chi connectivity index (χ1v) is 11.7. The fourth-order valence-electron chi connectivity index (χ4n) is 2.93. The first-order chi connectivity index (χ1) is 16.1. The molecular weight excluding hydrogens is 416 g/mol. The second kappa shape index (κ2) is 15.5. The average molecular weight is 451 g/mol. The summed E-state index contributed by atoms with van der Waals surface area (Å²) in [6.45, 7) is 5.70. The monoisotopic (exact) mass is 450 g/mol. The zero-order valence-corrected chi connectivity index (χ0v) is 19.6. The Morgan fingerprint density at radius 3 is 1.39 bits per heavy atom. The van der Waals surface area contributed by atoms with Crippen molar-refractivity contribution in [3.63, 3.8) is 0 Å². The molecule has 0 fully saturated rings. The molecule has 0 radical (unpaired) electrons. The standard InChI is InChI=1S/C28H34O5/c1-3-5-7-21-31-25-15-9-23(10-16-25)13-19-27(29)33-28(30)20-14-24-11-17-26(18-12-24)32-22-8-6-4-2/h9-20H,3-8,21-22H2,1-2H3. The summed E-state index contributed by atoms with van der Waals surface area (Å²) < 4.78 is 16.1. The third-order valence-electron chi connectivity index (χ3n) is 4.82. The highest BCUT2D eigenvalue weighted by molar-refractivity contribution is 5.99. The molecule has 2 aromatic carbocycles. The summed E-state index contributed by atoms with van der Waals surface area (Å²) in [5.74, 6) is 0.144. The Bertz CT molecular complexity index is 819. The number of unbranched alkanes of at least 4 members (excludes halogenated alkanes) is 4. The highest BCUT2D eigenvalue weighted by Gasteiger charge is 2.04. The lowest BCUT2D eigenvalue weighted by molar-refractivity contribution is -0.152. The van der Waals surface area contributed by atoms with Crippen molar-refractivity contribution in [2.75, 3.05) is 13.2 Å². The molecule has 0 atom stereocenters. The lowest BCUT2D eigenvalue weighted by atomic mass is 10.2. The Kier molecular flexibility index (Phi) is 12.1. The van der Waals surface area contributed by atoms with E-state index >= 15 is 0 Å². The molecule has 0 unspecified atom stereocenters. The Morgan fingerprint density at radius 2 is 1.03 bits per heavy atom. The maximum Gasteiger partial charge on any atom is 0.338 e. The summed E-state index contributed by atoms with van der Waals surface area (Å²) in [7, 11) is 0. The Labute approximate surface area is 197 Å². The van der Waals surface area contributed by atoms with Crippen molar-refractivity contribution in [2.24, 2.45) is 0 Å². The Morgan fingerprint density at radius 1 is 0.636 bits per heavy atom. The summed E-state index contributed by atoms with van der Waals surface area (Å²) in [4.78, 5) is 23.8. The van der Waals surface area contributed by atoms with Gasteiger partial charge >= 0.3 is 11.9 Å². The van der Waals surface area contributed by atoms with E-state index in [2.05, 4.69) is 13.8 Å². The van der Waals surface area contributed by atoms with Gasteiger partial charge in [-0.3, -0.25) is 0 Å². The van der Waals surface area contributed by atoms with Crippen molar-refractivity contribution in [3.8, 4) is 11.5 Å². The van der Waals surface area contributed by atoms with Gasteiger partial charge in [-0.1, -0.05) is 63.8 Å². The fourth-order valence-corrected chi connectivity index (χ4v) is 2.93. The maximum absolute atomic E-state index is 11.9. The van der Waals surface area contributed by atoms with Crippen molar-refractivity contribution in [2.45, 2.75) is 52.4 Å². The lowest BCUT2D eigenvalue weighted by Crippen LogP contribution is -2.06. The van der Waals surface area contributed by atoms with Crippen LogP contribution in [0.1, 0.15) is 63.5 Å². The number of esters is 2. The van der Waals surface area contributed by atoms with E-state index in [1.165, 1.54) is 12.2 Å². The summed E-state index contributed by atoms with van der Waals surface area (Å²) in [6.07, 6.45) is 12.3. The molecule has 0 heterocycles. The van der Waals surface area contributed by atoms with Gasteiger partial charge in [-0.2, -0.15) is 0 Å². The molecule has 0 aromatic heterocycles. The van der Waals surface area contributed by atoms with E-state index < -0.39 is 11.9 Å². The molecule has 0 saturated heterocycles. The third kappa shape index (κ3) is 11.2. The third-order valence-corrected chi connectivity index (χ3v) is 4.82. The van der Waals surface area contributed by atoms with E-state index in [1.807, 2.05) is 48.5 Å². The molecule has 0 amide bonds. The van der Waals surface area contributed by atoms with Gasteiger partial charge in [0.1, 0.15) is 11.5 Å². The van der Waals surface area contributed by atoms with Crippen molar-refractivity contribution in [1.82, 2.24) is 0 Å². The van der Waals surface area contributed by atoms with Gasteiger partial charge in [0.25, 0.3) is 0 Å². The molecule has 2 aromatic rings. The van der Waals surface area contributed by atoms with E-state index in [4.69, 9.17) is 14.2 Å². The number of carbonyl (C=O) groups excluding carboxylic acids is 2. The van der Waals surface area contributed by atoms with Crippen LogP contribution in [0.4, 0.5) is 0 Å². The molecule has 0 spiro atoms. The van der Waals surface area contributed by atoms with Gasteiger partial charge in [-0.15, -0.1) is 0 Å². The summed E-state index contributed by atoms with van der Waals surface area (Å²) >= 11 is 0. The first kappa shape index (κ1) is 25.9. The van der Waals surface area contributed by atoms with Crippen LogP contribution in [-0.4, -0.2) is 25.2 Å². The van der Waals surface area contributed by atoms with Crippen LogP contribution in [0.15, 0.2) is 60.7 Å². The predicted octanol–water partition coefficient (Wildman–Crippen LogP) is 6.62.